The van der Waals surface area contributed by atoms with Gasteiger partial charge in [0.2, 0.25) is 11.7 Å². The van der Waals surface area contributed by atoms with Crippen molar-refractivity contribution in [2.24, 2.45) is 5.41 Å². The third-order valence-electron chi connectivity index (χ3n) is 5.78. The van der Waals surface area contributed by atoms with Gasteiger partial charge in [0, 0.05) is 51.0 Å². The van der Waals surface area contributed by atoms with Crippen LogP contribution in [0.2, 0.25) is 0 Å². The lowest BCUT2D eigenvalue weighted by Gasteiger charge is -2.55. The van der Waals surface area contributed by atoms with E-state index in [-0.39, 0.29) is 11.7 Å². The van der Waals surface area contributed by atoms with Crippen molar-refractivity contribution in [1.82, 2.24) is 19.9 Å². The third kappa shape index (κ3) is 4.38. The first-order valence-electron chi connectivity index (χ1n) is 10.8. The Morgan fingerprint density at radius 2 is 1.91 bits per heavy atom. The van der Waals surface area contributed by atoms with Crippen molar-refractivity contribution in [3.8, 4) is 11.3 Å². The Morgan fingerprint density at radius 3 is 2.53 bits per heavy atom. The largest absolute Gasteiger partial charge is 0.380 e. The number of hydrogen-bond acceptors (Lipinski definition) is 8. The molecule has 0 saturated carbocycles. The summed E-state index contributed by atoms with van der Waals surface area (Å²) in [4.78, 5) is 30.2. The molecule has 11 heteroatoms. The number of amides is 1. The second-order valence-corrected chi connectivity index (χ2v) is 8.83. The molecule has 34 heavy (non-hydrogen) atoms. The Balaban J connectivity index is 1.43. The van der Waals surface area contributed by atoms with Gasteiger partial charge in [-0.25, -0.2) is 15.0 Å². The molecule has 9 nitrogen and oxygen atoms in total. The zero-order valence-electron chi connectivity index (χ0n) is 18.7. The minimum atomic E-state index is -3.18. The van der Waals surface area contributed by atoms with E-state index >= 15 is 0 Å². The summed E-state index contributed by atoms with van der Waals surface area (Å²) in [5, 5.41) is 5.67. The number of hydrogen-bond donors (Lipinski definition) is 2. The Kier molecular flexibility index (Phi) is 5.35. The zero-order chi connectivity index (χ0) is 23.9. The fraction of sp³-hybridized carbons (Fsp3) is 0.348. The van der Waals surface area contributed by atoms with Crippen molar-refractivity contribution in [1.29, 1.82) is 0 Å². The Hall–Kier alpha value is -3.73. The number of carbonyl (C=O) groups is 1. The standard InChI is InChI=1S/C23H23F2N7O2/c1-14(33)29-20-7-18(30-19-5-6-26-21(31-19)22(2,24)25)16(9-28-20)17-4-3-15(8-27-17)32-10-23(11-32)12-34-13-23/h3-9H,10-13H2,1-2H3,(H2,26,28,29,30,31,33). The number of pyridine rings is 2. The second kappa shape index (κ2) is 8.24. The number of anilines is 4. The summed E-state index contributed by atoms with van der Waals surface area (Å²) in [5.41, 5.74) is 3.06. The number of aromatic nitrogens is 4. The van der Waals surface area contributed by atoms with E-state index in [1.165, 1.54) is 19.2 Å². The lowest BCUT2D eigenvalue weighted by Crippen LogP contribution is -2.66. The first kappa shape index (κ1) is 22.1. The number of rotatable bonds is 6. The van der Waals surface area contributed by atoms with Gasteiger partial charge in [0.15, 0.2) is 0 Å². The highest BCUT2D eigenvalue weighted by Crippen LogP contribution is 2.40. The van der Waals surface area contributed by atoms with Gasteiger partial charge in [0.1, 0.15) is 11.6 Å². The predicted molar refractivity (Wildman–Crippen MR) is 122 cm³/mol. The highest BCUT2D eigenvalue weighted by Gasteiger charge is 2.49. The average Bonchev–Trinajstić information content (AvgIpc) is 2.72. The van der Waals surface area contributed by atoms with Crippen molar-refractivity contribution >= 4 is 28.9 Å². The number of nitrogens with one attached hydrogen (secondary N) is 2. The fourth-order valence-electron chi connectivity index (χ4n) is 4.04. The number of ether oxygens (including phenoxy) is 1. The molecule has 2 aliphatic heterocycles. The second-order valence-electron chi connectivity index (χ2n) is 8.83. The maximum Gasteiger partial charge on any atom is 0.303 e. The number of nitrogens with zero attached hydrogens (tertiary/aromatic N) is 5. The lowest BCUT2D eigenvalue weighted by atomic mass is 9.78. The van der Waals surface area contributed by atoms with Crippen LogP contribution in [0, 0.1) is 5.41 Å². The van der Waals surface area contributed by atoms with Gasteiger partial charge in [0.05, 0.1) is 41.9 Å². The summed E-state index contributed by atoms with van der Waals surface area (Å²) in [7, 11) is 0. The molecule has 2 fully saturated rings. The van der Waals surface area contributed by atoms with E-state index in [9.17, 15) is 13.6 Å². The molecule has 0 aromatic carbocycles. The van der Waals surface area contributed by atoms with E-state index in [2.05, 4.69) is 35.5 Å². The summed E-state index contributed by atoms with van der Waals surface area (Å²) in [6.45, 7) is 5.63. The molecular formula is C23H23F2N7O2. The van der Waals surface area contributed by atoms with Crippen LogP contribution in [-0.2, 0) is 15.5 Å². The monoisotopic (exact) mass is 467 g/mol. The van der Waals surface area contributed by atoms with Crippen molar-refractivity contribution in [2.75, 3.05) is 41.8 Å². The molecule has 3 aromatic rings. The van der Waals surface area contributed by atoms with E-state index < -0.39 is 11.7 Å². The zero-order valence-corrected chi connectivity index (χ0v) is 18.7. The number of alkyl halides is 2. The number of carbonyl (C=O) groups excluding carboxylic acids is 1. The van der Waals surface area contributed by atoms with E-state index in [0.29, 0.717) is 28.2 Å². The molecule has 5 rings (SSSR count). The van der Waals surface area contributed by atoms with Crippen molar-refractivity contribution in [3.63, 3.8) is 0 Å². The highest BCUT2D eigenvalue weighted by molar-refractivity contribution is 5.89. The first-order valence-corrected chi connectivity index (χ1v) is 10.8. The van der Waals surface area contributed by atoms with Gasteiger partial charge in [-0.15, -0.1) is 0 Å². The van der Waals surface area contributed by atoms with Gasteiger partial charge in [0.25, 0.3) is 0 Å². The van der Waals surface area contributed by atoms with Crippen LogP contribution in [0.25, 0.3) is 11.3 Å². The molecule has 176 valence electrons. The Labute approximate surface area is 194 Å². The molecular weight excluding hydrogens is 444 g/mol. The lowest BCUT2D eigenvalue weighted by molar-refractivity contribution is -0.127. The van der Waals surface area contributed by atoms with Crippen LogP contribution >= 0.6 is 0 Å². The number of halogens is 2. The molecule has 1 amide bonds. The predicted octanol–water partition coefficient (Wildman–Crippen LogP) is 3.58. The average molecular weight is 467 g/mol. The van der Waals surface area contributed by atoms with Crippen molar-refractivity contribution in [3.05, 3.63) is 48.7 Å². The summed E-state index contributed by atoms with van der Waals surface area (Å²) in [6.07, 6.45) is 4.63. The molecule has 2 saturated heterocycles. The summed E-state index contributed by atoms with van der Waals surface area (Å²) in [6, 6.07) is 6.95. The molecule has 0 atom stereocenters. The van der Waals surface area contributed by atoms with E-state index in [1.807, 2.05) is 12.1 Å². The van der Waals surface area contributed by atoms with E-state index in [0.717, 1.165) is 38.9 Å². The topological polar surface area (TPSA) is 105 Å². The minimum Gasteiger partial charge on any atom is -0.380 e. The van der Waals surface area contributed by atoms with E-state index in [1.54, 1.807) is 18.5 Å². The van der Waals surface area contributed by atoms with Crippen LogP contribution in [0.3, 0.4) is 0 Å². The smallest absolute Gasteiger partial charge is 0.303 e. The molecule has 1 spiro atoms. The Bertz CT molecular complexity index is 1220. The van der Waals surface area contributed by atoms with Gasteiger partial charge >= 0.3 is 5.92 Å². The molecule has 0 radical (unpaired) electrons. The molecule has 0 aliphatic carbocycles. The van der Waals surface area contributed by atoms with Crippen LogP contribution in [0.4, 0.5) is 31.8 Å². The third-order valence-corrected chi connectivity index (χ3v) is 5.78. The highest BCUT2D eigenvalue weighted by atomic mass is 19.3. The van der Waals surface area contributed by atoms with Gasteiger partial charge in [-0.2, -0.15) is 8.78 Å². The van der Waals surface area contributed by atoms with Gasteiger partial charge in [-0.1, -0.05) is 0 Å². The SMILES string of the molecule is CC(=O)Nc1cc(Nc2ccnc(C(C)(F)F)n2)c(-c2ccc(N3CC4(COC4)C3)cn2)cn1. The molecule has 0 bridgehead atoms. The minimum absolute atomic E-state index is 0.179. The van der Waals surface area contributed by atoms with Gasteiger partial charge < -0.3 is 20.3 Å². The van der Waals surface area contributed by atoms with Gasteiger partial charge in [-0.3, -0.25) is 9.78 Å². The van der Waals surface area contributed by atoms with Crippen molar-refractivity contribution in [2.45, 2.75) is 19.8 Å². The van der Waals surface area contributed by atoms with Crippen LogP contribution in [0.5, 0.6) is 0 Å². The fourth-order valence-corrected chi connectivity index (χ4v) is 4.04. The van der Waals surface area contributed by atoms with Crippen molar-refractivity contribution < 1.29 is 18.3 Å². The molecule has 3 aromatic heterocycles. The summed E-state index contributed by atoms with van der Waals surface area (Å²) >= 11 is 0. The van der Waals surface area contributed by atoms with Crippen LogP contribution in [0.1, 0.15) is 19.7 Å². The molecule has 5 heterocycles. The maximum absolute atomic E-state index is 13.7. The molecule has 0 unspecified atom stereocenters. The molecule has 2 N–H and O–H groups in total. The molecule has 2 aliphatic rings. The summed E-state index contributed by atoms with van der Waals surface area (Å²) < 4.78 is 32.7. The summed E-state index contributed by atoms with van der Waals surface area (Å²) in [5.74, 6) is -3.58. The normalized spacial score (nSPS) is 16.5. The van der Waals surface area contributed by atoms with E-state index in [4.69, 9.17) is 4.74 Å². The quantitative estimate of drug-likeness (QED) is 0.567. The van der Waals surface area contributed by atoms with Gasteiger partial charge in [-0.05, 0) is 18.2 Å². The Morgan fingerprint density at radius 1 is 1.12 bits per heavy atom. The van der Waals surface area contributed by atoms with Crippen LogP contribution < -0.4 is 15.5 Å². The van der Waals surface area contributed by atoms with Crippen LogP contribution in [-0.4, -0.2) is 52.1 Å². The first-order chi connectivity index (χ1) is 16.2. The maximum atomic E-state index is 13.7. The van der Waals surface area contributed by atoms with Crippen LogP contribution in [0.15, 0.2) is 42.9 Å².